The first-order valence-electron chi connectivity index (χ1n) is 5.30. The van der Waals surface area contributed by atoms with E-state index in [9.17, 15) is 4.39 Å². The standard InChI is InChI=1S/C13H12BrFN2/c14-11-8-9(4-6-12(11)15)3-5-10-2-1-7-17-13(10)16/h1-2,4,6-8H,3,5H2,(H2,16,17). The fourth-order valence-electron chi connectivity index (χ4n) is 1.64. The Labute approximate surface area is 108 Å². The van der Waals surface area contributed by atoms with Crippen LogP contribution in [0, 0.1) is 5.82 Å². The van der Waals surface area contributed by atoms with Crippen LogP contribution in [-0.2, 0) is 12.8 Å². The molecule has 0 atom stereocenters. The van der Waals surface area contributed by atoms with Crippen molar-refractivity contribution in [2.45, 2.75) is 12.8 Å². The first-order chi connectivity index (χ1) is 8.16. The van der Waals surface area contributed by atoms with Gasteiger partial charge in [-0.15, -0.1) is 0 Å². The highest BCUT2D eigenvalue weighted by Gasteiger charge is 2.03. The van der Waals surface area contributed by atoms with Crippen LogP contribution >= 0.6 is 15.9 Å². The molecule has 0 amide bonds. The molecule has 0 aliphatic rings. The quantitative estimate of drug-likeness (QED) is 0.943. The Morgan fingerprint density at radius 3 is 2.76 bits per heavy atom. The molecule has 0 saturated heterocycles. The van der Waals surface area contributed by atoms with E-state index in [1.165, 1.54) is 6.07 Å². The van der Waals surface area contributed by atoms with Crippen molar-refractivity contribution in [1.29, 1.82) is 0 Å². The third-order valence-corrected chi connectivity index (χ3v) is 3.20. The van der Waals surface area contributed by atoms with Crippen molar-refractivity contribution in [1.82, 2.24) is 4.98 Å². The highest BCUT2D eigenvalue weighted by molar-refractivity contribution is 9.10. The van der Waals surface area contributed by atoms with E-state index in [1.54, 1.807) is 18.3 Å². The molecule has 0 radical (unpaired) electrons. The van der Waals surface area contributed by atoms with Crippen LogP contribution in [0.3, 0.4) is 0 Å². The SMILES string of the molecule is Nc1ncccc1CCc1ccc(F)c(Br)c1. The lowest BCUT2D eigenvalue weighted by Gasteiger charge is -2.05. The van der Waals surface area contributed by atoms with Crippen molar-refractivity contribution in [3.63, 3.8) is 0 Å². The topological polar surface area (TPSA) is 38.9 Å². The second-order valence-electron chi connectivity index (χ2n) is 3.80. The van der Waals surface area contributed by atoms with Gasteiger partial charge in [-0.1, -0.05) is 12.1 Å². The summed E-state index contributed by atoms with van der Waals surface area (Å²) in [6.07, 6.45) is 3.29. The molecule has 2 N–H and O–H groups in total. The van der Waals surface area contributed by atoms with Gasteiger partial charge in [-0.05, 0) is 58.1 Å². The van der Waals surface area contributed by atoms with Gasteiger partial charge in [0.2, 0.25) is 0 Å². The van der Waals surface area contributed by atoms with Crippen molar-refractivity contribution >= 4 is 21.7 Å². The van der Waals surface area contributed by atoms with E-state index in [2.05, 4.69) is 20.9 Å². The molecule has 4 heteroatoms. The lowest BCUT2D eigenvalue weighted by molar-refractivity contribution is 0.620. The first-order valence-corrected chi connectivity index (χ1v) is 6.09. The Morgan fingerprint density at radius 1 is 1.24 bits per heavy atom. The summed E-state index contributed by atoms with van der Waals surface area (Å²) >= 11 is 3.17. The molecule has 0 aliphatic carbocycles. The summed E-state index contributed by atoms with van der Waals surface area (Å²) in [6, 6.07) is 8.87. The number of rotatable bonds is 3. The molecule has 0 fully saturated rings. The summed E-state index contributed by atoms with van der Waals surface area (Å²) in [7, 11) is 0. The van der Waals surface area contributed by atoms with E-state index >= 15 is 0 Å². The molecule has 0 aliphatic heterocycles. The second-order valence-corrected chi connectivity index (χ2v) is 4.65. The van der Waals surface area contributed by atoms with Crippen LogP contribution < -0.4 is 5.73 Å². The Balaban J connectivity index is 2.08. The number of halogens is 2. The molecule has 2 aromatic rings. The number of anilines is 1. The van der Waals surface area contributed by atoms with Gasteiger partial charge in [-0.2, -0.15) is 0 Å². The molecule has 88 valence electrons. The minimum Gasteiger partial charge on any atom is -0.383 e. The lowest BCUT2D eigenvalue weighted by Crippen LogP contribution is -1.99. The van der Waals surface area contributed by atoms with Crippen molar-refractivity contribution in [3.8, 4) is 0 Å². The second kappa shape index (κ2) is 5.27. The van der Waals surface area contributed by atoms with Crippen molar-refractivity contribution in [3.05, 3.63) is 57.9 Å². The zero-order valence-corrected chi connectivity index (χ0v) is 10.7. The Bertz CT molecular complexity index is 529. The van der Waals surface area contributed by atoms with Crippen LogP contribution in [0.4, 0.5) is 10.2 Å². The average molecular weight is 295 g/mol. The number of aryl methyl sites for hydroxylation is 2. The Hall–Kier alpha value is -1.42. The minimum atomic E-state index is -0.241. The van der Waals surface area contributed by atoms with Gasteiger partial charge in [0.25, 0.3) is 0 Å². The molecular formula is C13H12BrFN2. The van der Waals surface area contributed by atoms with Gasteiger partial charge in [0.15, 0.2) is 0 Å². The number of nitrogen functional groups attached to an aromatic ring is 1. The maximum absolute atomic E-state index is 13.0. The van der Waals surface area contributed by atoms with Crippen molar-refractivity contribution < 1.29 is 4.39 Å². The number of hydrogen-bond acceptors (Lipinski definition) is 2. The zero-order valence-electron chi connectivity index (χ0n) is 9.16. The largest absolute Gasteiger partial charge is 0.383 e. The van der Waals surface area contributed by atoms with E-state index in [-0.39, 0.29) is 5.82 Å². The molecule has 0 bridgehead atoms. The summed E-state index contributed by atoms with van der Waals surface area (Å²) < 4.78 is 13.5. The lowest BCUT2D eigenvalue weighted by atomic mass is 10.1. The Kier molecular flexibility index (Phi) is 3.74. The van der Waals surface area contributed by atoms with E-state index in [4.69, 9.17) is 5.73 Å². The predicted molar refractivity (Wildman–Crippen MR) is 70.2 cm³/mol. The van der Waals surface area contributed by atoms with Crippen LogP contribution in [0.15, 0.2) is 41.0 Å². The fraction of sp³-hybridized carbons (Fsp3) is 0.154. The maximum Gasteiger partial charge on any atom is 0.137 e. The molecule has 0 saturated carbocycles. The molecule has 1 aromatic heterocycles. The number of pyridine rings is 1. The predicted octanol–water partition coefficient (Wildman–Crippen LogP) is 3.35. The fourth-order valence-corrected chi connectivity index (χ4v) is 2.06. The summed E-state index contributed by atoms with van der Waals surface area (Å²) in [6.45, 7) is 0. The third kappa shape index (κ3) is 3.03. The molecule has 0 unspecified atom stereocenters. The zero-order chi connectivity index (χ0) is 12.3. The van der Waals surface area contributed by atoms with Gasteiger partial charge in [-0.25, -0.2) is 9.37 Å². The van der Waals surface area contributed by atoms with Gasteiger partial charge >= 0.3 is 0 Å². The normalized spacial score (nSPS) is 10.5. The molecule has 1 aromatic carbocycles. The van der Waals surface area contributed by atoms with Gasteiger partial charge in [0.05, 0.1) is 4.47 Å². The number of hydrogen-bond donors (Lipinski definition) is 1. The maximum atomic E-state index is 13.0. The van der Waals surface area contributed by atoms with E-state index in [0.29, 0.717) is 10.3 Å². The third-order valence-electron chi connectivity index (χ3n) is 2.59. The Morgan fingerprint density at radius 2 is 2.06 bits per heavy atom. The van der Waals surface area contributed by atoms with Gasteiger partial charge in [0, 0.05) is 6.20 Å². The molecule has 0 spiro atoms. The van der Waals surface area contributed by atoms with Crippen LogP contribution in [0.1, 0.15) is 11.1 Å². The van der Waals surface area contributed by atoms with Crippen molar-refractivity contribution in [2.75, 3.05) is 5.73 Å². The van der Waals surface area contributed by atoms with Crippen LogP contribution in [0.25, 0.3) is 0 Å². The monoisotopic (exact) mass is 294 g/mol. The highest BCUT2D eigenvalue weighted by Crippen LogP contribution is 2.18. The van der Waals surface area contributed by atoms with Crippen LogP contribution in [0.5, 0.6) is 0 Å². The van der Waals surface area contributed by atoms with E-state index in [0.717, 1.165) is 24.0 Å². The number of benzene rings is 1. The number of nitrogens with two attached hydrogens (primary N) is 1. The van der Waals surface area contributed by atoms with Crippen LogP contribution in [-0.4, -0.2) is 4.98 Å². The van der Waals surface area contributed by atoms with E-state index in [1.807, 2.05) is 12.1 Å². The van der Waals surface area contributed by atoms with Gasteiger partial charge in [0.1, 0.15) is 11.6 Å². The van der Waals surface area contributed by atoms with Crippen LogP contribution in [0.2, 0.25) is 0 Å². The van der Waals surface area contributed by atoms with Crippen molar-refractivity contribution in [2.24, 2.45) is 0 Å². The smallest absolute Gasteiger partial charge is 0.137 e. The summed E-state index contributed by atoms with van der Waals surface area (Å²) in [5.41, 5.74) is 7.85. The molecule has 2 nitrogen and oxygen atoms in total. The summed E-state index contributed by atoms with van der Waals surface area (Å²) in [5.74, 6) is 0.323. The molecule has 2 rings (SSSR count). The summed E-state index contributed by atoms with van der Waals surface area (Å²) in [5, 5.41) is 0. The highest BCUT2D eigenvalue weighted by atomic mass is 79.9. The van der Waals surface area contributed by atoms with E-state index < -0.39 is 0 Å². The summed E-state index contributed by atoms with van der Waals surface area (Å²) in [4.78, 5) is 4.03. The minimum absolute atomic E-state index is 0.241. The van der Waals surface area contributed by atoms with Gasteiger partial charge < -0.3 is 5.73 Å². The number of nitrogens with zero attached hydrogens (tertiary/aromatic N) is 1. The first kappa shape index (κ1) is 12.0. The molecule has 1 heterocycles. The average Bonchev–Trinajstić information content (AvgIpc) is 2.32. The molecule has 17 heavy (non-hydrogen) atoms. The van der Waals surface area contributed by atoms with Gasteiger partial charge in [-0.3, -0.25) is 0 Å². The molecular weight excluding hydrogens is 283 g/mol. The number of aromatic nitrogens is 1.